The van der Waals surface area contributed by atoms with Crippen LogP contribution >= 0.6 is 0 Å². The molecule has 0 spiro atoms. The Hall–Kier alpha value is -2.35. The van der Waals surface area contributed by atoms with Crippen LogP contribution < -0.4 is 4.74 Å². The maximum absolute atomic E-state index is 12.3. The van der Waals surface area contributed by atoms with E-state index in [0.717, 1.165) is 6.08 Å². The van der Waals surface area contributed by atoms with Crippen LogP contribution in [0.4, 0.5) is 8.78 Å². The average Bonchev–Trinajstić information content (AvgIpc) is 3.03. The number of benzene rings is 1. The van der Waals surface area contributed by atoms with Gasteiger partial charge in [0.05, 0.1) is 5.92 Å². The lowest BCUT2D eigenvalue weighted by molar-refractivity contribution is -0.144. The molecule has 0 bridgehead atoms. The summed E-state index contributed by atoms with van der Waals surface area (Å²) in [4.78, 5) is 11.9. The van der Waals surface area contributed by atoms with Crippen LogP contribution in [0.15, 0.2) is 42.5 Å². The summed E-state index contributed by atoms with van der Waals surface area (Å²) in [6.45, 7) is 3.65. The normalized spacial score (nSPS) is 20.7. The molecule has 0 radical (unpaired) electrons. The van der Waals surface area contributed by atoms with Crippen molar-refractivity contribution in [1.82, 2.24) is 0 Å². The SMILES string of the molecule is CC1(C)[C@H](C(=O)OCC#CCOc2ccccc2)[C@@H]1C=C(F)F. The van der Waals surface area contributed by atoms with Gasteiger partial charge in [-0.05, 0) is 23.6 Å². The first-order valence-electron chi connectivity index (χ1n) is 7.26. The van der Waals surface area contributed by atoms with Crippen molar-refractivity contribution in [2.45, 2.75) is 13.8 Å². The molecule has 0 N–H and O–H groups in total. The van der Waals surface area contributed by atoms with E-state index in [1.54, 1.807) is 13.8 Å². The summed E-state index contributed by atoms with van der Waals surface area (Å²) in [5.74, 6) is 4.61. The van der Waals surface area contributed by atoms with Gasteiger partial charge in [-0.1, -0.05) is 43.9 Å². The minimum absolute atomic E-state index is 0.0713. The van der Waals surface area contributed by atoms with Crippen LogP contribution in [-0.4, -0.2) is 19.2 Å². The van der Waals surface area contributed by atoms with Crippen molar-refractivity contribution >= 4 is 5.97 Å². The molecule has 122 valence electrons. The van der Waals surface area contributed by atoms with Crippen molar-refractivity contribution in [3.63, 3.8) is 0 Å². The summed E-state index contributed by atoms with van der Waals surface area (Å²) in [6.07, 6.45) is -0.943. The smallest absolute Gasteiger partial charge is 0.311 e. The Bertz CT molecular complexity index is 637. The van der Waals surface area contributed by atoms with E-state index in [4.69, 9.17) is 9.47 Å². The Labute approximate surface area is 134 Å². The van der Waals surface area contributed by atoms with Crippen LogP contribution in [0, 0.1) is 29.1 Å². The number of allylic oxidation sites excluding steroid dienone is 1. The lowest BCUT2D eigenvalue weighted by Gasteiger charge is -2.02. The molecule has 0 saturated heterocycles. The monoisotopic (exact) mass is 320 g/mol. The van der Waals surface area contributed by atoms with Gasteiger partial charge in [-0.15, -0.1) is 0 Å². The molecular formula is C18H18F2O3. The summed E-state index contributed by atoms with van der Waals surface area (Å²) in [5, 5.41) is 0. The highest BCUT2D eigenvalue weighted by Crippen LogP contribution is 2.59. The largest absolute Gasteiger partial charge is 0.481 e. The minimum atomic E-state index is -1.77. The predicted molar refractivity (Wildman–Crippen MR) is 81.7 cm³/mol. The summed E-state index contributed by atoms with van der Waals surface area (Å²) in [5.41, 5.74) is -0.496. The van der Waals surface area contributed by atoms with Crippen LogP contribution in [0.1, 0.15) is 13.8 Å². The Morgan fingerprint density at radius 2 is 1.87 bits per heavy atom. The number of hydrogen-bond acceptors (Lipinski definition) is 3. The summed E-state index contributed by atoms with van der Waals surface area (Å²) >= 11 is 0. The molecule has 1 aromatic carbocycles. The highest BCUT2D eigenvalue weighted by molar-refractivity contribution is 5.78. The maximum Gasteiger partial charge on any atom is 0.311 e. The molecule has 1 aliphatic rings. The molecular weight excluding hydrogens is 302 g/mol. The highest BCUT2D eigenvalue weighted by Gasteiger charge is 2.61. The van der Waals surface area contributed by atoms with E-state index < -0.39 is 29.3 Å². The van der Waals surface area contributed by atoms with Gasteiger partial charge < -0.3 is 9.47 Å². The zero-order chi connectivity index (χ0) is 16.9. The third-order valence-electron chi connectivity index (χ3n) is 3.94. The number of carbonyl (C=O) groups is 1. The van der Waals surface area contributed by atoms with Gasteiger partial charge in [0.1, 0.15) is 12.4 Å². The predicted octanol–water partition coefficient (Wildman–Crippen LogP) is 3.66. The molecule has 0 aliphatic heterocycles. The Balaban J connectivity index is 1.72. The van der Waals surface area contributed by atoms with Crippen molar-refractivity contribution < 1.29 is 23.0 Å². The van der Waals surface area contributed by atoms with Crippen molar-refractivity contribution in [1.29, 1.82) is 0 Å². The Kier molecular flexibility index (Phi) is 5.38. The fourth-order valence-electron chi connectivity index (χ4n) is 2.51. The van der Waals surface area contributed by atoms with E-state index >= 15 is 0 Å². The van der Waals surface area contributed by atoms with Crippen LogP contribution in [-0.2, 0) is 9.53 Å². The number of ether oxygens (including phenoxy) is 2. The highest BCUT2D eigenvalue weighted by atomic mass is 19.3. The molecule has 2 atom stereocenters. The summed E-state index contributed by atoms with van der Waals surface area (Å²) < 4.78 is 35.0. The maximum atomic E-state index is 12.3. The molecule has 1 aliphatic carbocycles. The first-order valence-corrected chi connectivity index (χ1v) is 7.26. The molecule has 0 unspecified atom stereocenters. The van der Waals surface area contributed by atoms with Crippen molar-refractivity contribution in [2.24, 2.45) is 17.3 Å². The summed E-state index contributed by atoms with van der Waals surface area (Å²) in [6, 6.07) is 9.22. The van der Waals surface area contributed by atoms with Gasteiger partial charge in [0.2, 0.25) is 0 Å². The molecule has 1 aromatic rings. The lowest BCUT2D eigenvalue weighted by atomic mass is 10.1. The van der Waals surface area contributed by atoms with Crippen LogP contribution in [0.3, 0.4) is 0 Å². The lowest BCUT2D eigenvalue weighted by Crippen LogP contribution is -2.11. The van der Waals surface area contributed by atoms with E-state index in [-0.39, 0.29) is 13.2 Å². The van der Waals surface area contributed by atoms with Gasteiger partial charge in [-0.25, -0.2) is 0 Å². The van der Waals surface area contributed by atoms with Crippen molar-refractivity contribution in [3.05, 3.63) is 42.5 Å². The zero-order valence-electron chi connectivity index (χ0n) is 13.0. The molecule has 3 nitrogen and oxygen atoms in total. The quantitative estimate of drug-likeness (QED) is 0.613. The van der Waals surface area contributed by atoms with Crippen LogP contribution in [0.2, 0.25) is 0 Å². The van der Waals surface area contributed by atoms with Gasteiger partial charge in [0.15, 0.2) is 6.61 Å². The zero-order valence-corrected chi connectivity index (χ0v) is 13.0. The van der Waals surface area contributed by atoms with Crippen molar-refractivity contribution in [2.75, 3.05) is 13.2 Å². The number of rotatable bonds is 5. The number of esters is 1. The fourth-order valence-corrected chi connectivity index (χ4v) is 2.51. The number of halogens is 2. The third-order valence-corrected chi connectivity index (χ3v) is 3.94. The second-order valence-corrected chi connectivity index (χ2v) is 5.84. The first-order chi connectivity index (χ1) is 10.9. The van der Waals surface area contributed by atoms with Gasteiger partial charge in [-0.2, -0.15) is 8.78 Å². The third kappa shape index (κ3) is 4.56. The second-order valence-electron chi connectivity index (χ2n) is 5.84. The Morgan fingerprint density at radius 3 is 2.52 bits per heavy atom. The molecule has 1 fully saturated rings. The van der Waals surface area contributed by atoms with E-state index in [1.807, 2.05) is 30.3 Å². The van der Waals surface area contributed by atoms with Crippen molar-refractivity contribution in [3.8, 4) is 17.6 Å². The van der Waals surface area contributed by atoms with E-state index in [1.165, 1.54) is 0 Å². The number of para-hydroxylation sites is 1. The minimum Gasteiger partial charge on any atom is -0.481 e. The topological polar surface area (TPSA) is 35.5 Å². The average molecular weight is 320 g/mol. The van der Waals surface area contributed by atoms with E-state index in [0.29, 0.717) is 5.75 Å². The van der Waals surface area contributed by atoms with Gasteiger partial charge in [0, 0.05) is 5.92 Å². The molecule has 0 amide bonds. The van der Waals surface area contributed by atoms with Crippen LogP contribution in [0.25, 0.3) is 0 Å². The number of hydrogen-bond donors (Lipinski definition) is 0. The molecule has 5 heteroatoms. The number of carbonyl (C=O) groups excluding carboxylic acids is 1. The van der Waals surface area contributed by atoms with Gasteiger partial charge >= 0.3 is 5.97 Å². The summed E-state index contributed by atoms with van der Waals surface area (Å²) in [7, 11) is 0. The molecule has 1 saturated carbocycles. The fraction of sp³-hybridized carbons (Fsp3) is 0.389. The van der Waals surface area contributed by atoms with E-state index in [2.05, 4.69) is 11.8 Å². The van der Waals surface area contributed by atoms with Crippen LogP contribution in [0.5, 0.6) is 5.75 Å². The molecule has 2 rings (SSSR count). The van der Waals surface area contributed by atoms with Gasteiger partial charge in [-0.3, -0.25) is 4.79 Å². The Morgan fingerprint density at radius 1 is 1.22 bits per heavy atom. The second kappa shape index (κ2) is 7.28. The molecule has 0 heterocycles. The first kappa shape index (κ1) is 17.0. The molecule has 0 aromatic heterocycles. The molecule has 23 heavy (non-hydrogen) atoms. The van der Waals surface area contributed by atoms with Gasteiger partial charge in [0.25, 0.3) is 6.08 Å². The van der Waals surface area contributed by atoms with E-state index in [9.17, 15) is 13.6 Å². The standard InChI is InChI=1S/C18H18F2O3/c1-18(2)14(12-15(19)20)16(18)17(21)23-11-7-6-10-22-13-8-4-3-5-9-13/h3-5,8-9,12,14,16H,10-11H2,1-2H3/t14-,16-/m0/s1.